The molecule has 1 unspecified atom stereocenters. The minimum Gasteiger partial charge on any atom is -0.345 e. The zero-order valence-electron chi connectivity index (χ0n) is 12.9. The van der Waals surface area contributed by atoms with Crippen LogP contribution < -0.4 is 5.32 Å². The van der Waals surface area contributed by atoms with E-state index in [0.717, 1.165) is 21.5 Å². The number of amides is 1. The van der Waals surface area contributed by atoms with Gasteiger partial charge in [-0.15, -0.1) is 11.3 Å². The minimum atomic E-state index is -0.165. The van der Waals surface area contributed by atoms with Crippen molar-refractivity contribution in [1.29, 1.82) is 0 Å². The summed E-state index contributed by atoms with van der Waals surface area (Å²) >= 11 is 13.4. The number of halogens is 2. The molecule has 120 valence electrons. The van der Waals surface area contributed by atoms with Gasteiger partial charge in [0.15, 0.2) is 0 Å². The van der Waals surface area contributed by atoms with E-state index in [2.05, 4.69) is 10.4 Å². The molecule has 23 heavy (non-hydrogen) atoms. The first-order chi connectivity index (χ1) is 10.9. The van der Waals surface area contributed by atoms with Crippen LogP contribution in [-0.4, -0.2) is 15.7 Å². The Hall–Kier alpha value is -1.56. The van der Waals surface area contributed by atoms with Crippen molar-refractivity contribution in [3.05, 3.63) is 50.4 Å². The fourth-order valence-electron chi connectivity index (χ4n) is 2.45. The van der Waals surface area contributed by atoms with E-state index in [-0.39, 0.29) is 11.9 Å². The lowest BCUT2D eigenvalue weighted by Gasteiger charge is -2.14. The molecule has 3 aromatic rings. The quantitative estimate of drug-likeness (QED) is 0.726. The summed E-state index contributed by atoms with van der Waals surface area (Å²) < 4.78 is 1.80. The van der Waals surface area contributed by atoms with E-state index in [0.29, 0.717) is 14.9 Å². The summed E-state index contributed by atoms with van der Waals surface area (Å²) in [5.74, 6) is -0.107. The standard InChI is InChI=1S/C16H15Cl2N3OS/c1-8(10-4-5-12(17)13(18)6-10)19-15(22)14-7-11-9(2)20-21(3)16(11)23-14/h4-8H,1-3H3,(H,19,22). The van der Waals surface area contributed by atoms with Crippen molar-refractivity contribution in [3.63, 3.8) is 0 Å². The van der Waals surface area contributed by atoms with Gasteiger partial charge in [-0.3, -0.25) is 9.48 Å². The van der Waals surface area contributed by atoms with Crippen molar-refractivity contribution < 1.29 is 4.79 Å². The molecule has 2 heterocycles. The van der Waals surface area contributed by atoms with E-state index in [4.69, 9.17) is 23.2 Å². The number of aromatic nitrogens is 2. The van der Waals surface area contributed by atoms with Gasteiger partial charge in [0.2, 0.25) is 0 Å². The highest BCUT2D eigenvalue weighted by molar-refractivity contribution is 7.20. The Balaban J connectivity index is 1.81. The molecule has 3 rings (SSSR count). The van der Waals surface area contributed by atoms with Crippen LogP contribution >= 0.6 is 34.5 Å². The fourth-order valence-corrected chi connectivity index (χ4v) is 3.78. The van der Waals surface area contributed by atoms with Gasteiger partial charge in [0.25, 0.3) is 5.91 Å². The molecule has 0 aliphatic heterocycles. The van der Waals surface area contributed by atoms with E-state index in [1.165, 1.54) is 11.3 Å². The van der Waals surface area contributed by atoms with Crippen LogP contribution in [0.2, 0.25) is 10.0 Å². The number of hydrogen-bond acceptors (Lipinski definition) is 3. The molecule has 0 bridgehead atoms. The van der Waals surface area contributed by atoms with E-state index in [9.17, 15) is 4.79 Å². The van der Waals surface area contributed by atoms with Crippen molar-refractivity contribution in [2.45, 2.75) is 19.9 Å². The molecule has 0 fully saturated rings. The van der Waals surface area contributed by atoms with Crippen LogP contribution in [0.3, 0.4) is 0 Å². The monoisotopic (exact) mass is 367 g/mol. The van der Waals surface area contributed by atoms with Gasteiger partial charge in [0, 0.05) is 12.4 Å². The summed E-state index contributed by atoms with van der Waals surface area (Å²) in [4.78, 5) is 14.1. The highest BCUT2D eigenvalue weighted by Crippen LogP contribution is 2.29. The second-order valence-electron chi connectivity index (χ2n) is 5.41. The Kier molecular flexibility index (Phi) is 4.36. The third kappa shape index (κ3) is 3.09. The average Bonchev–Trinajstić information content (AvgIpc) is 3.04. The van der Waals surface area contributed by atoms with E-state index >= 15 is 0 Å². The number of fused-ring (bicyclic) bond motifs is 1. The SMILES string of the molecule is Cc1nn(C)c2sc(C(=O)NC(C)c3ccc(Cl)c(Cl)c3)cc12. The van der Waals surface area contributed by atoms with Crippen LogP contribution in [0, 0.1) is 6.92 Å². The molecule has 1 N–H and O–H groups in total. The molecule has 7 heteroatoms. The molecule has 0 saturated heterocycles. The Morgan fingerprint density at radius 3 is 2.70 bits per heavy atom. The maximum atomic E-state index is 12.5. The van der Waals surface area contributed by atoms with Crippen LogP contribution in [0.4, 0.5) is 0 Å². The van der Waals surface area contributed by atoms with Crippen molar-refractivity contribution in [3.8, 4) is 0 Å². The minimum absolute atomic E-state index is 0.107. The molecule has 0 saturated carbocycles. The Morgan fingerprint density at radius 2 is 2.04 bits per heavy atom. The zero-order chi connectivity index (χ0) is 16.7. The van der Waals surface area contributed by atoms with Crippen molar-refractivity contribution in [1.82, 2.24) is 15.1 Å². The van der Waals surface area contributed by atoms with Crippen LogP contribution in [0.5, 0.6) is 0 Å². The van der Waals surface area contributed by atoms with Crippen LogP contribution in [-0.2, 0) is 7.05 Å². The number of thiophene rings is 1. The van der Waals surface area contributed by atoms with Crippen molar-refractivity contribution >= 4 is 50.7 Å². The molecule has 2 aromatic heterocycles. The number of rotatable bonds is 3. The maximum Gasteiger partial charge on any atom is 0.261 e. The van der Waals surface area contributed by atoms with Gasteiger partial charge in [-0.25, -0.2) is 0 Å². The third-order valence-corrected chi connectivity index (χ3v) is 5.65. The lowest BCUT2D eigenvalue weighted by atomic mass is 10.1. The molecule has 0 radical (unpaired) electrons. The molecule has 0 aliphatic carbocycles. The van der Waals surface area contributed by atoms with Gasteiger partial charge in [-0.1, -0.05) is 29.3 Å². The normalized spacial score (nSPS) is 12.6. The van der Waals surface area contributed by atoms with Gasteiger partial charge >= 0.3 is 0 Å². The van der Waals surface area contributed by atoms with E-state index < -0.39 is 0 Å². The topological polar surface area (TPSA) is 46.9 Å². The van der Waals surface area contributed by atoms with Crippen LogP contribution in [0.1, 0.15) is 33.9 Å². The molecule has 4 nitrogen and oxygen atoms in total. The number of carbonyl (C=O) groups excluding carboxylic acids is 1. The average molecular weight is 368 g/mol. The highest BCUT2D eigenvalue weighted by Gasteiger charge is 2.17. The summed E-state index contributed by atoms with van der Waals surface area (Å²) in [6.45, 7) is 3.85. The van der Waals surface area contributed by atoms with Gasteiger partial charge < -0.3 is 5.32 Å². The number of hydrogen-bond donors (Lipinski definition) is 1. The molecule has 0 spiro atoms. The molecular formula is C16H15Cl2N3OS. The second kappa shape index (κ2) is 6.15. The predicted octanol–water partition coefficient (Wildman–Crippen LogP) is 4.74. The number of carbonyl (C=O) groups is 1. The summed E-state index contributed by atoms with van der Waals surface area (Å²) in [6, 6.07) is 7.09. The Labute approximate surface area is 148 Å². The van der Waals surface area contributed by atoms with Gasteiger partial charge in [-0.05, 0) is 37.6 Å². The Morgan fingerprint density at radius 1 is 1.30 bits per heavy atom. The molecule has 0 aliphatic rings. The second-order valence-corrected chi connectivity index (χ2v) is 7.25. The summed E-state index contributed by atoms with van der Waals surface area (Å²) in [7, 11) is 1.88. The van der Waals surface area contributed by atoms with Crippen molar-refractivity contribution in [2.24, 2.45) is 7.05 Å². The number of benzene rings is 1. The number of nitrogens with zero attached hydrogens (tertiary/aromatic N) is 2. The molecule has 1 amide bonds. The highest BCUT2D eigenvalue weighted by atomic mass is 35.5. The largest absolute Gasteiger partial charge is 0.345 e. The first kappa shape index (κ1) is 16.3. The van der Waals surface area contributed by atoms with Gasteiger partial charge in [-0.2, -0.15) is 5.10 Å². The number of aryl methyl sites for hydroxylation is 2. The molecule has 1 atom stereocenters. The van der Waals surface area contributed by atoms with Gasteiger partial charge in [0.1, 0.15) is 4.83 Å². The smallest absolute Gasteiger partial charge is 0.261 e. The van der Waals surface area contributed by atoms with Crippen LogP contribution in [0.15, 0.2) is 24.3 Å². The zero-order valence-corrected chi connectivity index (χ0v) is 15.2. The molecule has 1 aromatic carbocycles. The summed E-state index contributed by atoms with van der Waals surface area (Å²) in [5, 5.41) is 9.33. The number of nitrogens with one attached hydrogen (secondary N) is 1. The fraction of sp³-hybridized carbons (Fsp3) is 0.250. The third-order valence-electron chi connectivity index (χ3n) is 3.71. The maximum absolute atomic E-state index is 12.5. The first-order valence-corrected chi connectivity index (χ1v) is 8.63. The lowest BCUT2D eigenvalue weighted by molar-refractivity contribution is 0.0944. The lowest BCUT2D eigenvalue weighted by Crippen LogP contribution is -2.25. The van der Waals surface area contributed by atoms with Crippen LogP contribution in [0.25, 0.3) is 10.2 Å². The van der Waals surface area contributed by atoms with Crippen molar-refractivity contribution in [2.75, 3.05) is 0 Å². The Bertz CT molecular complexity index is 866. The van der Waals surface area contributed by atoms with E-state index in [1.54, 1.807) is 16.8 Å². The summed E-state index contributed by atoms with van der Waals surface area (Å²) in [5.41, 5.74) is 1.84. The molecular weight excluding hydrogens is 353 g/mol. The predicted molar refractivity (Wildman–Crippen MR) is 95.7 cm³/mol. The van der Waals surface area contributed by atoms with E-state index in [1.807, 2.05) is 33.0 Å². The summed E-state index contributed by atoms with van der Waals surface area (Å²) in [6.07, 6.45) is 0. The first-order valence-electron chi connectivity index (χ1n) is 7.05. The van der Waals surface area contributed by atoms with Gasteiger partial charge in [0.05, 0.1) is 26.7 Å².